The van der Waals surface area contributed by atoms with Gasteiger partial charge in [0.05, 0.1) is 0 Å². The van der Waals surface area contributed by atoms with Gasteiger partial charge in [0.25, 0.3) is 0 Å². The van der Waals surface area contributed by atoms with E-state index in [2.05, 4.69) is 36.4 Å². The quantitative estimate of drug-likeness (QED) is 0.494. The number of aromatic nitrogens is 1. The minimum absolute atomic E-state index is 0.135. The largest absolute Gasteiger partial charge is 0.446 e. The van der Waals surface area contributed by atoms with Crippen LogP contribution in [0.1, 0.15) is 40.0 Å². The Morgan fingerprint density at radius 3 is 2.62 bits per heavy atom. The molecule has 4 atom stereocenters. The van der Waals surface area contributed by atoms with Crippen LogP contribution in [0.15, 0.2) is 24.4 Å². The van der Waals surface area contributed by atoms with Gasteiger partial charge in [-0.3, -0.25) is 5.32 Å². The number of ether oxygens (including phenoxy) is 1. The zero-order chi connectivity index (χ0) is 19.3. The van der Waals surface area contributed by atoms with Gasteiger partial charge in [-0.25, -0.2) is 9.78 Å². The Kier molecular flexibility index (Phi) is 7.68. The van der Waals surface area contributed by atoms with Crippen LogP contribution in [0.25, 0.3) is 0 Å². The molecular weight excluding hydrogens is 397 g/mol. The molecule has 1 heterocycles. The Labute approximate surface area is 170 Å². The molecule has 0 saturated heterocycles. The van der Waals surface area contributed by atoms with Crippen molar-refractivity contribution in [2.24, 2.45) is 17.8 Å². The van der Waals surface area contributed by atoms with Crippen molar-refractivity contribution in [3.63, 3.8) is 0 Å². The maximum atomic E-state index is 12.5. The molecule has 26 heavy (non-hydrogen) atoms. The van der Waals surface area contributed by atoms with Crippen molar-refractivity contribution in [2.75, 3.05) is 5.32 Å². The number of alkyl carbamates (subject to hydrolysis) is 1. The van der Waals surface area contributed by atoms with Crippen LogP contribution in [0.5, 0.6) is 0 Å². The van der Waals surface area contributed by atoms with Crippen LogP contribution >= 0.6 is 34.8 Å². The molecule has 5 nitrogen and oxygen atoms in total. The molecule has 1 aliphatic rings. The van der Waals surface area contributed by atoms with E-state index in [1.807, 2.05) is 0 Å². The lowest BCUT2D eigenvalue weighted by atomic mass is 9.75. The van der Waals surface area contributed by atoms with Crippen LogP contribution in [0.2, 0.25) is 0 Å². The van der Waals surface area contributed by atoms with E-state index < -0.39 is 16.1 Å². The second-order valence-corrected chi connectivity index (χ2v) is 9.62. The van der Waals surface area contributed by atoms with Gasteiger partial charge < -0.3 is 10.1 Å². The molecular formula is C18H26Cl3N3O2. The Bertz CT molecular complexity index is 581. The summed E-state index contributed by atoms with van der Waals surface area (Å²) < 4.78 is 3.94. The summed E-state index contributed by atoms with van der Waals surface area (Å²) in [6.07, 6.45) is 2.95. The predicted octanol–water partition coefficient (Wildman–Crippen LogP) is 5.38. The predicted molar refractivity (Wildman–Crippen MR) is 107 cm³/mol. The van der Waals surface area contributed by atoms with E-state index in [1.54, 1.807) is 24.4 Å². The number of carbonyl (C=O) groups is 1. The minimum atomic E-state index is -1.77. The van der Waals surface area contributed by atoms with E-state index in [4.69, 9.17) is 39.5 Å². The number of rotatable bonds is 5. The third kappa shape index (κ3) is 6.36. The van der Waals surface area contributed by atoms with Crippen LogP contribution in [0, 0.1) is 17.8 Å². The molecule has 0 aliphatic heterocycles. The van der Waals surface area contributed by atoms with Gasteiger partial charge in [-0.05, 0) is 42.7 Å². The third-order valence-electron chi connectivity index (χ3n) is 4.77. The maximum absolute atomic E-state index is 12.5. The lowest BCUT2D eigenvalue weighted by Gasteiger charge is -2.37. The molecule has 0 bridgehead atoms. The molecule has 1 fully saturated rings. The smallest absolute Gasteiger partial charge is 0.409 e. The van der Waals surface area contributed by atoms with Crippen molar-refractivity contribution in [3.05, 3.63) is 24.4 Å². The Balaban J connectivity index is 2.01. The second-order valence-electron chi connectivity index (χ2n) is 7.25. The standard InChI is InChI=1S/C18H26Cl3N3O2/c1-11(2)13-8-7-12(3)10-14(13)26-17(25)24-16(18(19,20)21)23-15-6-4-5-9-22-15/h4-6,9,11-14,16H,7-8,10H2,1-3H3,(H,22,23)(H,24,25)/t12-,13-,14+,16-/m0/s1. The zero-order valence-electron chi connectivity index (χ0n) is 15.2. The number of alkyl halides is 3. The lowest BCUT2D eigenvalue weighted by Crippen LogP contribution is -2.51. The number of carbonyl (C=O) groups excluding carboxylic acids is 1. The van der Waals surface area contributed by atoms with Gasteiger partial charge in [0.15, 0.2) is 6.17 Å². The van der Waals surface area contributed by atoms with Crippen molar-refractivity contribution >= 4 is 46.7 Å². The molecule has 1 aromatic heterocycles. The molecule has 0 spiro atoms. The molecule has 8 heteroatoms. The van der Waals surface area contributed by atoms with Crippen molar-refractivity contribution in [3.8, 4) is 0 Å². The summed E-state index contributed by atoms with van der Waals surface area (Å²) in [5.41, 5.74) is 0. The second kappa shape index (κ2) is 9.34. The summed E-state index contributed by atoms with van der Waals surface area (Å²) in [6.45, 7) is 6.49. The van der Waals surface area contributed by atoms with Crippen LogP contribution < -0.4 is 10.6 Å². The molecule has 0 unspecified atom stereocenters. The van der Waals surface area contributed by atoms with E-state index in [0.717, 1.165) is 19.3 Å². The normalized spacial score (nSPS) is 24.8. The first-order valence-electron chi connectivity index (χ1n) is 8.88. The number of nitrogens with one attached hydrogen (secondary N) is 2. The first-order valence-corrected chi connectivity index (χ1v) is 10.0. The summed E-state index contributed by atoms with van der Waals surface area (Å²) in [5.74, 6) is 1.79. The number of hydrogen-bond acceptors (Lipinski definition) is 4. The van der Waals surface area contributed by atoms with E-state index >= 15 is 0 Å². The Hall–Kier alpha value is -0.910. The molecule has 1 aromatic rings. The molecule has 1 amide bonds. The average Bonchev–Trinajstić information content (AvgIpc) is 2.54. The van der Waals surface area contributed by atoms with Crippen molar-refractivity contribution in [1.82, 2.24) is 10.3 Å². The Morgan fingerprint density at radius 2 is 2.04 bits per heavy atom. The SMILES string of the molecule is CC(C)[C@@H]1CC[C@H](C)C[C@H]1OC(=O)N[C@H](Nc1ccccn1)C(Cl)(Cl)Cl. The zero-order valence-corrected chi connectivity index (χ0v) is 17.5. The van der Waals surface area contributed by atoms with E-state index in [-0.39, 0.29) is 6.10 Å². The van der Waals surface area contributed by atoms with Gasteiger partial charge in [0.2, 0.25) is 3.79 Å². The van der Waals surface area contributed by atoms with Gasteiger partial charge in [-0.2, -0.15) is 0 Å². The highest BCUT2D eigenvalue weighted by atomic mass is 35.6. The maximum Gasteiger partial charge on any atom is 0.409 e. The van der Waals surface area contributed by atoms with Gasteiger partial charge in [-0.15, -0.1) is 0 Å². The molecule has 2 N–H and O–H groups in total. The molecule has 0 aromatic carbocycles. The number of hydrogen-bond donors (Lipinski definition) is 2. The van der Waals surface area contributed by atoms with Crippen molar-refractivity contribution in [2.45, 2.75) is 56.1 Å². The average molecular weight is 423 g/mol. The Morgan fingerprint density at radius 1 is 1.31 bits per heavy atom. The van der Waals surface area contributed by atoms with Crippen LogP contribution in [-0.2, 0) is 4.74 Å². The summed E-state index contributed by atoms with van der Waals surface area (Å²) in [4.78, 5) is 16.6. The number of anilines is 1. The summed E-state index contributed by atoms with van der Waals surface area (Å²) in [6, 6.07) is 5.28. The monoisotopic (exact) mass is 421 g/mol. The molecule has 0 radical (unpaired) electrons. The first-order chi connectivity index (χ1) is 12.2. The van der Waals surface area contributed by atoms with Gasteiger partial charge in [0, 0.05) is 6.20 Å². The van der Waals surface area contributed by atoms with Crippen LogP contribution in [0.3, 0.4) is 0 Å². The van der Waals surface area contributed by atoms with Crippen molar-refractivity contribution in [1.29, 1.82) is 0 Å². The fourth-order valence-corrected chi connectivity index (χ4v) is 3.66. The fraction of sp³-hybridized carbons (Fsp3) is 0.667. The van der Waals surface area contributed by atoms with Crippen LogP contribution in [0.4, 0.5) is 10.6 Å². The third-order valence-corrected chi connectivity index (χ3v) is 5.42. The highest BCUT2D eigenvalue weighted by Gasteiger charge is 2.37. The van der Waals surface area contributed by atoms with Gasteiger partial charge in [-0.1, -0.05) is 68.1 Å². The highest BCUT2D eigenvalue weighted by molar-refractivity contribution is 6.68. The highest BCUT2D eigenvalue weighted by Crippen LogP contribution is 2.36. The lowest BCUT2D eigenvalue weighted by molar-refractivity contribution is 0.00534. The first kappa shape index (κ1) is 21.4. The van der Waals surface area contributed by atoms with Crippen molar-refractivity contribution < 1.29 is 9.53 Å². The fourth-order valence-electron chi connectivity index (χ4n) is 3.34. The number of nitrogens with zero attached hydrogens (tertiary/aromatic N) is 1. The number of pyridine rings is 1. The molecule has 2 rings (SSSR count). The topological polar surface area (TPSA) is 63.2 Å². The minimum Gasteiger partial charge on any atom is -0.446 e. The molecule has 1 saturated carbocycles. The van der Waals surface area contributed by atoms with E-state index in [1.165, 1.54) is 0 Å². The number of amides is 1. The summed E-state index contributed by atoms with van der Waals surface area (Å²) in [7, 11) is 0. The van der Waals surface area contributed by atoms with E-state index in [0.29, 0.717) is 23.6 Å². The van der Waals surface area contributed by atoms with Gasteiger partial charge in [0.1, 0.15) is 11.9 Å². The molecule has 146 valence electrons. The van der Waals surface area contributed by atoms with Crippen LogP contribution in [-0.4, -0.2) is 27.1 Å². The van der Waals surface area contributed by atoms with Gasteiger partial charge >= 0.3 is 6.09 Å². The molecule has 1 aliphatic carbocycles. The number of halogens is 3. The summed E-state index contributed by atoms with van der Waals surface area (Å²) in [5, 5.41) is 5.53. The van der Waals surface area contributed by atoms with E-state index in [9.17, 15) is 4.79 Å². The summed E-state index contributed by atoms with van der Waals surface area (Å²) >= 11 is 18.0.